The van der Waals surface area contributed by atoms with Crippen molar-refractivity contribution in [2.75, 3.05) is 27.7 Å². The van der Waals surface area contributed by atoms with Gasteiger partial charge in [-0.2, -0.15) is 0 Å². The second-order valence-electron chi connectivity index (χ2n) is 9.21. The summed E-state index contributed by atoms with van der Waals surface area (Å²) in [6, 6.07) is 4.65. The van der Waals surface area contributed by atoms with Crippen LogP contribution >= 0.6 is 11.6 Å². The molecule has 1 aromatic carbocycles. The molecule has 0 radical (unpaired) electrons. The molecular weight excluding hydrogens is 430 g/mol. The molecule has 0 spiro atoms. The van der Waals surface area contributed by atoms with Crippen molar-refractivity contribution in [2.24, 2.45) is 5.41 Å². The molecule has 0 fully saturated rings. The van der Waals surface area contributed by atoms with E-state index in [1.807, 2.05) is 27.8 Å². The molecule has 32 heavy (non-hydrogen) atoms. The first kappa shape index (κ1) is 24.1. The summed E-state index contributed by atoms with van der Waals surface area (Å²) in [5.41, 5.74) is 1.38. The fourth-order valence-electron chi connectivity index (χ4n) is 3.98. The average molecular weight is 462 g/mol. The molecule has 1 aliphatic rings. The summed E-state index contributed by atoms with van der Waals surface area (Å²) in [5, 5.41) is 6.11. The maximum Gasteiger partial charge on any atom is 0.272 e. The van der Waals surface area contributed by atoms with Crippen LogP contribution in [0.4, 0.5) is 0 Å². The van der Waals surface area contributed by atoms with Crippen LogP contribution in [0.5, 0.6) is 5.75 Å². The third-order valence-electron chi connectivity index (χ3n) is 5.68. The zero-order valence-corrected chi connectivity index (χ0v) is 20.3. The lowest BCUT2D eigenvalue weighted by Crippen LogP contribution is -2.53. The van der Waals surface area contributed by atoms with Crippen LogP contribution in [-0.2, 0) is 17.9 Å². The molecule has 1 atom stereocenters. The van der Waals surface area contributed by atoms with Crippen molar-refractivity contribution in [3.8, 4) is 17.1 Å². The Labute approximate surface area is 194 Å². The largest absolute Gasteiger partial charge is 0.496 e. The quantitative estimate of drug-likeness (QED) is 0.714. The van der Waals surface area contributed by atoms with E-state index < -0.39 is 11.5 Å². The number of halogens is 1. The Bertz CT molecular complexity index is 1010. The van der Waals surface area contributed by atoms with Gasteiger partial charge in [-0.3, -0.25) is 9.59 Å². The van der Waals surface area contributed by atoms with Crippen molar-refractivity contribution in [3.63, 3.8) is 0 Å². The van der Waals surface area contributed by atoms with Gasteiger partial charge >= 0.3 is 0 Å². The van der Waals surface area contributed by atoms with Gasteiger partial charge in [0.25, 0.3) is 5.91 Å². The van der Waals surface area contributed by atoms with Crippen LogP contribution in [-0.4, -0.2) is 60.1 Å². The summed E-state index contributed by atoms with van der Waals surface area (Å²) in [5.74, 6) is 0.640. The number of carbonyl (C=O) groups is 2. The summed E-state index contributed by atoms with van der Waals surface area (Å²) in [6.45, 7) is 7.92. The molecule has 9 heteroatoms. The Kier molecular flexibility index (Phi) is 7.15. The summed E-state index contributed by atoms with van der Waals surface area (Å²) >= 11 is 6.28. The molecule has 2 N–H and O–H groups in total. The molecule has 2 amide bonds. The fraction of sp³-hybridized carbons (Fsp3) is 0.522. The van der Waals surface area contributed by atoms with Gasteiger partial charge in [0.1, 0.15) is 17.6 Å². The first-order chi connectivity index (χ1) is 15.1. The van der Waals surface area contributed by atoms with Crippen molar-refractivity contribution >= 4 is 23.4 Å². The van der Waals surface area contributed by atoms with Gasteiger partial charge in [-0.15, -0.1) is 0 Å². The van der Waals surface area contributed by atoms with Gasteiger partial charge in [-0.25, -0.2) is 4.98 Å². The summed E-state index contributed by atoms with van der Waals surface area (Å²) in [6.07, 6.45) is 0.916. The smallest absolute Gasteiger partial charge is 0.272 e. The minimum absolute atomic E-state index is 0.245. The van der Waals surface area contributed by atoms with Crippen LogP contribution in [0.2, 0.25) is 5.02 Å². The molecule has 0 saturated carbocycles. The summed E-state index contributed by atoms with van der Waals surface area (Å²) in [4.78, 5) is 32.8. The molecule has 1 aromatic heterocycles. The van der Waals surface area contributed by atoms with Crippen LogP contribution in [0.15, 0.2) is 18.2 Å². The van der Waals surface area contributed by atoms with Crippen molar-refractivity contribution in [1.82, 2.24) is 25.1 Å². The van der Waals surface area contributed by atoms with Crippen LogP contribution < -0.4 is 15.4 Å². The molecule has 1 aliphatic heterocycles. The van der Waals surface area contributed by atoms with E-state index in [0.29, 0.717) is 35.4 Å². The number of benzene rings is 1. The lowest BCUT2D eigenvalue weighted by atomic mass is 9.86. The van der Waals surface area contributed by atoms with Gasteiger partial charge in [-0.1, -0.05) is 32.4 Å². The first-order valence-electron chi connectivity index (χ1n) is 10.7. The maximum atomic E-state index is 13.4. The highest BCUT2D eigenvalue weighted by molar-refractivity contribution is 6.31. The van der Waals surface area contributed by atoms with E-state index in [-0.39, 0.29) is 11.8 Å². The monoisotopic (exact) mass is 461 g/mol. The number of carbonyl (C=O) groups excluding carboxylic acids is 2. The number of hydrogen-bond acceptors (Lipinski definition) is 5. The van der Waals surface area contributed by atoms with Crippen LogP contribution in [0.3, 0.4) is 0 Å². The predicted molar refractivity (Wildman–Crippen MR) is 125 cm³/mol. The lowest BCUT2D eigenvalue weighted by molar-refractivity contribution is -0.124. The van der Waals surface area contributed by atoms with Gasteiger partial charge in [0, 0.05) is 25.2 Å². The van der Waals surface area contributed by atoms with Crippen LogP contribution in [0.1, 0.15) is 43.4 Å². The summed E-state index contributed by atoms with van der Waals surface area (Å²) in [7, 11) is 5.18. The molecule has 0 aliphatic carbocycles. The van der Waals surface area contributed by atoms with Gasteiger partial charge in [0.05, 0.1) is 18.4 Å². The lowest BCUT2D eigenvalue weighted by Gasteiger charge is -2.29. The number of nitrogens with zero attached hydrogens (tertiary/aromatic N) is 3. The van der Waals surface area contributed by atoms with E-state index in [2.05, 4.69) is 20.1 Å². The highest BCUT2D eigenvalue weighted by Gasteiger charge is 2.35. The number of nitrogens with one attached hydrogen (secondary N) is 2. The third-order valence-corrected chi connectivity index (χ3v) is 5.92. The SMILES string of the molecule is CNC(=O)[C@@H](NC(=O)c1nc(-c2cc(Cl)ccc2OC)n2c1CN(C)CCC2)C(C)(C)C. The number of likely N-dealkylation sites (N-methyl/N-ethyl adjacent to an activating group) is 1. The van der Waals surface area contributed by atoms with Crippen molar-refractivity contribution in [2.45, 2.75) is 46.3 Å². The second kappa shape index (κ2) is 9.50. The number of hydrogen-bond donors (Lipinski definition) is 2. The van der Waals surface area contributed by atoms with Crippen LogP contribution in [0, 0.1) is 5.41 Å². The molecular formula is C23H32ClN5O3. The number of methoxy groups -OCH3 is 1. The van der Waals surface area contributed by atoms with Crippen molar-refractivity contribution in [1.29, 1.82) is 0 Å². The van der Waals surface area contributed by atoms with E-state index in [4.69, 9.17) is 21.3 Å². The van der Waals surface area contributed by atoms with E-state index in [1.165, 1.54) is 0 Å². The molecule has 0 unspecified atom stereocenters. The predicted octanol–water partition coefficient (Wildman–Crippen LogP) is 2.94. The molecule has 0 saturated heterocycles. The molecule has 8 nitrogen and oxygen atoms in total. The maximum absolute atomic E-state index is 13.4. The van der Waals surface area contributed by atoms with E-state index >= 15 is 0 Å². The van der Waals surface area contributed by atoms with E-state index in [9.17, 15) is 9.59 Å². The standard InChI is InChI=1S/C23H32ClN5O3/c1-23(2,3)19(22(31)25-4)27-21(30)18-16-13-28(5)10-7-11-29(16)20(26-18)15-12-14(24)8-9-17(15)32-6/h8-9,12,19H,7,10-11,13H2,1-6H3,(H,25,31)(H,27,30)/t19-/m1/s1. The molecule has 0 bridgehead atoms. The number of rotatable bonds is 5. The zero-order chi connectivity index (χ0) is 23.6. The number of ether oxygens (including phenoxy) is 1. The average Bonchev–Trinajstić information content (AvgIpc) is 2.96. The zero-order valence-electron chi connectivity index (χ0n) is 19.6. The number of aromatic nitrogens is 2. The molecule has 3 rings (SSSR count). The van der Waals surface area contributed by atoms with Crippen molar-refractivity contribution < 1.29 is 14.3 Å². The van der Waals surface area contributed by atoms with Gasteiger partial charge in [0.15, 0.2) is 5.69 Å². The molecule has 2 aromatic rings. The number of amides is 2. The van der Waals surface area contributed by atoms with Gasteiger partial charge in [0.2, 0.25) is 5.91 Å². The molecule has 2 heterocycles. The Hall–Kier alpha value is -2.58. The Morgan fingerprint density at radius 2 is 1.97 bits per heavy atom. The topological polar surface area (TPSA) is 88.5 Å². The minimum Gasteiger partial charge on any atom is -0.496 e. The van der Waals surface area contributed by atoms with Crippen LogP contribution in [0.25, 0.3) is 11.4 Å². The van der Waals surface area contributed by atoms with Gasteiger partial charge in [-0.05, 0) is 43.6 Å². The number of imidazole rings is 1. The van der Waals surface area contributed by atoms with Gasteiger partial charge < -0.3 is 24.8 Å². The Morgan fingerprint density at radius 1 is 1.25 bits per heavy atom. The Morgan fingerprint density at radius 3 is 2.59 bits per heavy atom. The first-order valence-corrected chi connectivity index (χ1v) is 11.1. The highest BCUT2D eigenvalue weighted by Crippen LogP contribution is 2.34. The normalized spacial score (nSPS) is 15.5. The minimum atomic E-state index is -0.704. The van der Waals surface area contributed by atoms with E-state index in [0.717, 1.165) is 24.2 Å². The fourth-order valence-corrected chi connectivity index (χ4v) is 4.15. The van der Waals surface area contributed by atoms with E-state index in [1.54, 1.807) is 32.4 Å². The van der Waals surface area contributed by atoms with Crippen molar-refractivity contribution in [3.05, 3.63) is 34.6 Å². The number of fused-ring (bicyclic) bond motifs is 1. The highest BCUT2D eigenvalue weighted by atomic mass is 35.5. The third kappa shape index (κ3) is 4.91. The Balaban J connectivity index is 2.12. The second-order valence-corrected chi connectivity index (χ2v) is 9.64. The summed E-state index contributed by atoms with van der Waals surface area (Å²) < 4.78 is 7.62. The molecule has 174 valence electrons.